The summed E-state index contributed by atoms with van der Waals surface area (Å²) in [6.07, 6.45) is 8.82. The van der Waals surface area contributed by atoms with Crippen molar-refractivity contribution in [2.45, 2.75) is 27.7 Å². The normalized spacial score (nSPS) is 13.5. The third-order valence-electron chi connectivity index (χ3n) is 6.48. The Kier molecular flexibility index (Phi) is 8.91. The molecule has 0 aliphatic heterocycles. The van der Waals surface area contributed by atoms with Crippen LogP contribution in [-0.4, -0.2) is 32.0 Å². The van der Waals surface area contributed by atoms with Crippen molar-refractivity contribution in [3.05, 3.63) is 113 Å². The van der Waals surface area contributed by atoms with Crippen LogP contribution in [0.25, 0.3) is 5.57 Å². The highest BCUT2D eigenvalue weighted by Crippen LogP contribution is 2.36. The Bertz CT molecular complexity index is 1100. The largest absolute Gasteiger partial charge is 0.395 e. The minimum absolute atomic E-state index is 0.175. The lowest BCUT2D eigenvalue weighted by Gasteiger charge is -2.24. The van der Waals surface area contributed by atoms with Crippen molar-refractivity contribution in [1.29, 1.82) is 0 Å². The van der Waals surface area contributed by atoms with Gasteiger partial charge >= 0.3 is 0 Å². The summed E-state index contributed by atoms with van der Waals surface area (Å²) in [7, 11) is 0. The molecule has 0 radical (unpaired) electrons. The van der Waals surface area contributed by atoms with Gasteiger partial charge in [-0.15, -0.1) is 0 Å². The minimum atomic E-state index is -0.175. The molecule has 0 fully saturated rings. The van der Waals surface area contributed by atoms with E-state index in [1.165, 1.54) is 11.4 Å². The second kappa shape index (κ2) is 12.1. The summed E-state index contributed by atoms with van der Waals surface area (Å²) in [5, 5.41) is 0. The number of carbonyl (C=O) groups excluding carboxylic acids is 1. The number of hydrogen-bond donors (Lipinski definition) is 1. The third-order valence-corrected chi connectivity index (χ3v) is 6.48. The third kappa shape index (κ3) is 5.65. The summed E-state index contributed by atoms with van der Waals surface area (Å²) < 4.78 is 0. The van der Waals surface area contributed by atoms with E-state index in [1.54, 1.807) is 12.2 Å². The zero-order valence-electron chi connectivity index (χ0n) is 21.4. The Morgan fingerprint density at radius 3 is 1.66 bits per heavy atom. The van der Waals surface area contributed by atoms with E-state index in [4.69, 9.17) is 5.73 Å². The maximum absolute atomic E-state index is 12.4. The van der Waals surface area contributed by atoms with Crippen molar-refractivity contribution >= 4 is 22.7 Å². The van der Waals surface area contributed by atoms with Gasteiger partial charge in [0.15, 0.2) is 0 Å². The van der Waals surface area contributed by atoms with Crippen LogP contribution in [-0.2, 0) is 4.79 Å². The van der Waals surface area contributed by atoms with Crippen LogP contribution in [0.2, 0.25) is 0 Å². The van der Waals surface area contributed by atoms with Crippen LogP contribution < -0.4 is 15.5 Å². The number of ketones is 1. The number of nitrogens with zero attached hydrogens (tertiary/aromatic N) is 2. The molecule has 2 aromatic rings. The molecule has 0 bridgehead atoms. The lowest BCUT2D eigenvalue weighted by atomic mass is 9.85. The van der Waals surface area contributed by atoms with Gasteiger partial charge in [0.1, 0.15) is 0 Å². The number of benzene rings is 2. The second-order valence-electron chi connectivity index (χ2n) is 8.35. The molecule has 1 aliphatic carbocycles. The van der Waals surface area contributed by atoms with Gasteiger partial charge in [-0.05, 0) is 86.4 Å². The van der Waals surface area contributed by atoms with E-state index < -0.39 is 0 Å². The number of anilines is 2. The summed E-state index contributed by atoms with van der Waals surface area (Å²) >= 11 is 0. The zero-order valence-corrected chi connectivity index (χ0v) is 21.4. The predicted octanol–water partition coefficient (Wildman–Crippen LogP) is 6.27. The summed E-state index contributed by atoms with van der Waals surface area (Å²) in [6.45, 7) is 16.3. The lowest BCUT2D eigenvalue weighted by Crippen LogP contribution is -2.21. The van der Waals surface area contributed by atoms with Gasteiger partial charge in [0.25, 0.3) is 0 Å². The Morgan fingerprint density at radius 2 is 1.26 bits per heavy atom. The fourth-order valence-corrected chi connectivity index (χ4v) is 4.51. The van der Waals surface area contributed by atoms with E-state index in [-0.39, 0.29) is 11.5 Å². The number of hydrogen-bond acceptors (Lipinski definition) is 4. The molecule has 2 N–H and O–H groups in total. The molecule has 4 nitrogen and oxygen atoms in total. The van der Waals surface area contributed by atoms with Crippen molar-refractivity contribution < 1.29 is 4.79 Å². The quantitative estimate of drug-likeness (QED) is 0.418. The van der Waals surface area contributed by atoms with Crippen molar-refractivity contribution in [3.8, 4) is 0 Å². The number of nitrogens with two attached hydrogens (primary N) is 1. The monoisotopic (exact) mass is 467 g/mol. The maximum Gasteiger partial charge on any atom is 0.202 e. The highest BCUT2D eigenvalue weighted by molar-refractivity contribution is 6.08. The topological polar surface area (TPSA) is 49.6 Å². The van der Waals surface area contributed by atoms with Gasteiger partial charge < -0.3 is 15.5 Å². The maximum atomic E-state index is 12.4. The van der Waals surface area contributed by atoms with E-state index >= 15 is 0 Å². The van der Waals surface area contributed by atoms with Crippen LogP contribution in [0.1, 0.15) is 38.8 Å². The lowest BCUT2D eigenvalue weighted by molar-refractivity contribution is -0.111. The minimum Gasteiger partial charge on any atom is -0.395 e. The Labute approximate surface area is 210 Å². The van der Waals surface area contributed by atoms with Gasteiger partial charge in [0.2, 0.25) is 5.78 Å². The molecule has 182 valence electrons. The average Bonchev–Trinajstić information content (AvgIpc) is 2.89. The Morgan fingerprint density at radius 1 is 0.800 bits per heavy atom. The fourth-order valence-electron chi connectivity index (χ4n) is 4.51. The van der Waals surface area contributed by atoms with Crippen molar-refractivity contribution in [2.75, 3.05) is 36.0 Å². The van der Waals surface area contributed by atoms with Gasteiger partial charge in [-0.1, -0.05) is 49.1 Å². The first-order valence-corrected chi connectivity index (χ1v) is 12.5. The molecule has 0 saturated carbocycles. The smallest absolute Gasteiger partial charge is 0.202 e. The molecule has 0 aromatic heterocycles. The van der Waals surface area contributed by atoms with Crippen LogP contribution in [0, 0.1) is 0 Å². The highest BCUT2D eigenvalue weighted by atomic mass is 16.1. The standard InChI is InChI=1S/C31H37N3O/c1-6-11-12-28-27(21-22-29(35)31(28)32)30(23-13-17-25(18-14-23)33(7-2)8-3)24-15-19-26(20-16-24)34(9-4)10-5/h6,11-22H,1,7-10,32H2,2-5H3/b12-11-. The van der Waals surface area contributed by atoms with Crippen LogP contribution in [0.4, 0.5) is 11.4 Å². The SMILES string of the molecule is C=C/C=C\C1=C(N)C(=O)C=CC1=C(c1ccc(N(CC)CC)cc1)c1ccc(N(CC)CC)cc1. The molecule has 0 amide bonds. The number of allylic oxidation sites excluding steroid dienone is 7. The summed E-state index contributed by atoms with van der Waals surface area (Å²) in [5.41, 5.74) is 13.7. The van der Waals surface area contributed by atoms with Gasteiger partial charge in [0, 0.05) is 43.1 Å². The average molecular weight is 468 g/mol. The number of rotatable bonds is 10. The van der Waals surface area contributed by atoms with E-state index in [0.29, 0.717) is 5.57 Å². The van der Waals surface area contributed by atoms with Crippen molar-refractivity contribution in [1.82, 2.24) is 0 Å². The molecular formula is C31H37N3O. The molecule has 35 heavy (non-hydrogen) atoms. The van der Waals surface area contributed by atoms with Crippen LogP contribution in [0.5, 0.6) is 0 Å². The molecule has 0 atom stereocenters. The van der Waals surface area contributed by atoms with E-state index in [9.17, 15) is 4.79 Å². The zero-order chi connectivity index (χ0) is 25.4. The van der Waals surface area contributed by atoms with Gasteiger partial charge in [-0.3, -0.25) is 4.79 Å². The second-order valence-corrected chi connectivity index (χ2v) is 8.35. The first-order valence-electron chi connectivity index (χ1n) is 12.5. The first kappa shape index (κ1) is 25.8. The predicted molar refractivity (Wildman–Crippen MR) is 151 cm³/mol. The molecule has 0 spiro atoms. The van der Waals surface area contributed by atoms with Crippen LogP contribution in [0.15, 0.2) is 102 Å². The van der Waals surface area contributed by atoms with Crippen molar-refractivity contribution in [2.24, 2.45) is 5.73 Å². The van der Waals surface area contributed by atoms with Crippen LogP contribution >= 0.6 is 0 Å². The molecule has 3 rings (SSSR count). The van der Waals surface area contributed by atoms with Gasteiger partial charge in [0.05, 0.1) is 5.70 Å². The molecular weight excluding hydrogens is 430 g/mol. The molecule has 4 heteroatoms. The molecule has 0 unspecified atom stereocenters. The molecule has 0 saturated heterocycles. The molecule has 1 aliphatic rings. The summed E-state index contributed by atoms with van der Waals surface area (Å²) in [4.78, 5) is 17.1. The van der Waals surface area contributed by atoms with Crippen LogP contribution in [0.3, 0.4) is 0 Å². The molecule has 2 aromatic carbocycles. The van der Waals surface area contributed by atoms with E-state index in [1.807, 2.05) is 18.2 Å². The van der Waals surface area contributed by atoms with E-state index in [2.05, 4.69) is 92.6 Å². The summed E-state index contributed by atoms with van der Waals surface area (Å²) in [6, 6.07) is 17.3. The van der Waals surface area contributed by atoms with Crippen molar-refractivity contribution in [3.63, 3.8) is 0 Å². The summed E-state index contributed by atoms with van der Waals surface area (Å²) in [5.74, 6) is -0.175. The van der Waals surface area contributed by atoms with Gasteiger partial charge in [-0.2, -0.15) is 0 Å². The fraction of sp³-hybridized carbons (Fsp3) is 0.258. The Hall–Kier alpha value is -3.79. The molecule has 0 heterocycles. The van der Waals surface area contributed by atoms with E-state index in [0.717, 1.165) is 48.5 Å². The number of carbonyl (C=O) groups is 1. The highest BCUT2D eigenvalue weighted by Gasteiger charge is 2.21. The van der Waals surface area contributed by atoms with Gasteiger partial charge in [-0.25, -0.2) is 0 Å². The first-order chi connectivity index (χ1) is 17.0. The Balaban J connectivity index is 2.23.